The van der Waals surface area contributed by atoms with Crippen molar-refractivity contribution in [3.8, 4) is 22.7 Å². The van der Waals surface area contributed by atoms with Gasteiger partial charge >= 0.3 is 0 Å². The van der Waals surface area contributed by atoms with E-state index in [2.05, 4.69) is 31.8 Å². The topological polar surface area (TPSA) is 95.3 Å². The second-order valence-corrected chi connectivity index (χ2v) is 7.76. The summed E-state index contributed by atoms with van der Waals surface area (Å²) in [6, 6.07) is 14.9. The van der Waals surface area contributed by atoms with Gasteiger partial charge in [0.25, 0.3) is 5.91 Å². The van der Waals surface area contributed by atoms with Gasteiger partial charge in [-0.25, -0.2) is 0 Å². The molecule has 2 aromatic heterocycles. The Hall–Kier alpha value is -3.91. The zero-order valence-corrected chi connectivity index (χ0v) is 16.7. The van der Waals surface area contributed by atoms with E-state index in [4.69, 9.17) is 0 Å². The predicted molar refractivity (Wildman–Crippen MR) is 119 cm³/mol. The minimum atomic E-state index is -0.212. The number of para-hydroxylation sites is 1. The van der Waals surface area contributed by atoms with E-state index < -0.39 is 0 Å². The molecule has 0 bridgehead atoms. The van der Waals surface area contributed by atoms with Gasteiger partial charge in [0, 0.05) is 49.0 Å². The summed E-state index contributed by atoms with van der Waals surface area (Å²) >= 11 is 0. The predicted octanol–water partition coefficient (Wildman–Crippen LogP) is 2.77. The first-order valence-corrected chi connectivity index (χ1v) is 10.3. The van der Waals surface area contributed by atoms with E-state index in [0.29, 0.717) is 22.6 Å². The van der Waals surface area contributed by atoms with Crippen molar-refractivity contribution in [3.63, 3.8) is 0 Å². The van der Waals surface area contributed by atoms with Gasteiger partial charge in [0.05, 0.1) is 11.3 Å². The molecule has 0 spiro atoms. The molecule has 2 aromatic carbocycles. The largest absolute Gasteiger partial charge is 0.507 e. The molecular weight excluding hydrogens is 392 g/mol. The number of carbonyl (C=O) groups is 1. The number of hydrogen-bond acceptors (Lipinski definition) is 6. The van der Waals surface area contributed by atoms with Crippen molar-refractivity contribution in [1.29, 1.82) is 0 Å². The van der Waals surface area contributed by atoms with Crippen LogP contribution in [0.5, 0.6) is 5.75 Å². The van der Waals surface area contributed by atoms with Crippen molar-refractivity contribution in [2.45, 2.75) is 0 Å². The molecular formula is C23H20N6O2. The number of phenolic OH excluding ortho intramolecular Hbond substituents is 1. The molecule has 154 valence electrons. The van der Waals surface area contributed by atoms with Gasteiger partial charge in [0.1, 0.15) is 17.0 Å². The van der Waals surface area contributed by atoms with Crippen LogP contribution in [0.3, 0.4) is 0 Å². The summed E-state index contributed by atoms with van der Waals surface area (Å²) in [4.78, 5) is 15.3. The van der Waals surface area contributed by atoms with Gasteiger partial charge in [-0.2, -0.15) is 0 Å². The van der Waals surface area contributed by atoms with E-state index in [9.17, 15) is 9.90 Å². The number of amides is 1. The SMILES string of the molecule is O=C1Nc2nnc(-c3ccccc3O)c3ccn(c23)-c2cc(N3CCNCC3)ccc21. The number of hydrogen-bond donors (Lipinski definition) is 3. The molecule has 2 aliphatic rings. The number of anilines is 2. The summed E-state index contributed by atoms with van der Waals surface area (Å²) in [5.74, 6) is 0.333. The van der Waals surface area contributed by atoms with Gasteiger partial charge in [0.2, 0.25) is 0 Å². The molecule has 0 atom stereocenters. The molecule has 8 nitrogen and oxygen atoms in total. The number of carbonyl (C=O) groups excluding carboxylic acids is 1. The number of benzene rings is 2. The molecule has 0 unspecified atom stereocenters. The molecule has 1 saturated heterocycles. The molecule has 0 saturated carbocycles. The average Bonchev–Trinajstić information content (AvgIpc) is 3.21. The van der Waals surface area contributed by atoms with Crippen LogP contribution in [-0.4, -0.2) is 52.0 Å². The summed E-state index contributed by atoms with van der Waals surface area (Å²) in [5, 5.41) is 26.1. The van der Waals surface area contributed by atoms with Crippen LogP contribution in [0, 0.1) is 0 Å². The first kappa shape index (κ1) is 17.9. The second-order valence-electron chi connectivity index (χ2n) is 7.76. The van der Waals surface area contributed by atoms with E-state index in [1.165, 1.54) is 0 Å². The molecule has 2 aliphatic heterocycles. The smallest absolute Gasteiger partial charge is 0.259 e. The number of fused-ring (bicyclic) bond motifs is 2. The van der Waals surface area contributed by atoms with Gasteiger partial charge in [-0.05, 0) is 36.4 Å². The molecule has 1 fully saturated rings. The van der Waals surface area contributed by atoms with Crippen LogP contribution in [0.2, 0.25) is 0 Å². The van der Waals surface area contributed by atoms with Crippen molar-refractivity contribution >= 4 is 28.3 Å². The van der Waals surface area contributed by atoms with Crippen LogP contribution >= 0.6 is 0 Å². The molecule has 4 heterocycles. The van der Waals surface area contributed by atoms with E-state index >= 15 is 0 Å². The molecule has 4 aromatic rings. The van der Waals surface area contributed by atoms with E-state index in [1.54, 1.807) is 12.1 Å². The van der Waals surface area contributed by atoms with Gasteiger partial charge in [-0.1, -0.05) is 12.1 Å². The van der Waals surface area contributed by atoms with Crippen LogP contribution < -0.4 is 15.5 Å². The maximum Gasteiger partial charge on any atom is 0.259 e. The molecule has 8 heteroatoms. The average molecular weight is 412 g/mol. The maximum atomic E-state index is 13.0. The summed E-state index contributed by atoms with van der Waals surface area (Å²) in [7, 11) is 0. The number of aromatic hydroxyl groups is 1. The third-order valence-electron chi connectivity index (χ3n) is 5.97. The first-order chi connectivity index (χ1) is 15.2. The summed E-state index contributed by atoms with van der Waals surface area (Å²) in [5.41, 5.74) is 4.41. The van der Waals surface area contributed by atoms with Crippen LogP contribution in [0.1, 0.15) is 10.4 Å². The normalized spacial score (nSPS) is 15.5. The standard InChI is InChI=1S/C23H20N6O2/c30-19-4-2-1-3-16(19)20-17-7-10-29-18-13-14(28-11-8-24-9-12-28)5-6-15(18)23(31)25-22(21(17)29)27-26-20/h1-7,10,13,24,30H,8-9,11-12H2,(H,25,27,31). The number of nitrogens with zero attached hydrogens (tertiary/aromatic N) is 4. The number of aromatic nitrogens is 3. The molecule has 1 amide bonds. The van der Waals surface area contributed by atoms with Gasteiger partial charge in [-0.15, -0.1) is 10.2 Å². The van der Waals surface area contributed by atoms with Gasteiger partial charge in [-0.3, -0.25) is 4.79 Å². The minimum absolute atomic E-state index is 0.138. The second kappa shape index (κ2) is 6.82. The lowest BCUT2D eigenvalue weighted by atomic mass is 10.1. The maximum absolute atomic E-state index is 13.0. The lowest BCUT2D eigenvalue weighted by Gasteiger charge is -2.30. The molecule has 6 rings (SSSR count). The van der Waals surface area contributed by atoms with Gasteiger partial charge in [0.15, 0.2) is 5.82 Å². The third kappa shape index (κ3) is 2.76. The number of rotatable bonds is 2. The van der Waals surface area contributed by atoms with Crippen molar-refractivity contribution in [3.05, 3.63) is 60.3 Å². The minimum Gasteiger partial charge on any atom is -0.507 e. The third-order valence-corrected chi connectivity index (χ3v) is 5.97. The number of phenols is 1. The highest BCUT2D eigenvalue weighted by Crippen LogP contribution is 2.38. The highest BCUT2D eigenvalue weighted by molar-refractivity contribution is 6.13. The van der Waals surface area contributed by atoms with Crippen molar-refractivity contribution < 1.29 is 9.90 Å². The zero-order chi connectivity index (χ0) is 20.9. The Kier molecular flexibility index (Phi) is 3.94. The Morgan fingerprint density at radius 1 is 0.968 bits per heavy atom. The zero-order valence-electron chi connectivity index (χ0n) is 16.7. The monoisotopic (exact) mass is 412 g/mol. The highest BCUT2D eigenvalue weighted by atomic mass is 16.3. The van der Waals surface area contributed by atoms with Crippen LogP contribution in [0.25, 0.3) is 27.8 Å². The highest BCUT2D eigenvalue weighted by Gasteiger charge is 2.26. The summed E-state index contributed by atoms with van der Waals surface area (Å²) in [6.45, 7) is 3.72. The summed E-state index contributed by atoms with van der Waals surface area (Å²) in [6.07, 6.45) is 1.93. The Balaban J connectivity index is 1.57. The lowest BCUT2D eigenvalue weighted by molar-refractivity contribution is 0.102. The van der Waals surface area contributed by atoms with Crippen molar-refractivity contribution in [2.75, 3.05) is 36.4 Å². The van der Waals surface area contributed by atoms with Crippen LogP contribution in [0.15, 0.2) is 54.7 Å². The Morgan fingerprint density at radius 2 is 1.81 bits per heavy atom. The Labute approximate surface area is 178 Å². The van der Waals surface area contributed by atoms with Crippen molar-refractivity contribution in [2.24, 2.45) is 0 Å². The number of nitrogens with one attached hydrogen (secondary N) is 2. The van der Waals surface area contributed by atoms with Crippen LogP contribution in [0.4, 0.5) is 11.5 Å². The Bertz CT molecular complexity index is 1340. The molecule has 0 aliphatic carbocycles. The van der Waals surface area contributed by atoms with Crippen molar-refractivity contribution in [1.82, 2.24) is 20.1 Å². The Morgan fingerprint density at radius 3 is 2.65 bits per heavy atom. The quantitative estimate of drug-likeness (QED) is 0.469. The molecule has 31 heavy (non-hydrogen) atoms. The fourth-order valence-electron chi connectivity index (χ4n) is 4.43. The van der Waals surface area contributed by atoms with E-state index in [0.717, 1.165) is 48.5 Å². The van der Waals surface area contributed by atoms with E-state index in [1.807, 2.05) is 41.1 Å². The summed E-state index contributed by atoms with van der Waals surface area (Å²) < 4.78 is 1.99. The lowest BCUT2D eigenvalue weighted by Crippen LogP contribution is -2.43. The fourth-order valence-corrected chi connectivity index (χ4v) is 4.43. The van der Waals surface area contributed by atoms with Crippen LogP contribution in [-0.2, 0) is 0 Å². The number of piperazine rings is 1. The molecule has 3 N–H and O–H groups in total. The van der Waals surface area contributed by atoms with E-state index in [-0.39, 0.29) is 11.7 Å². The fraction of sp³-hybridized carbons (Fsp3) is 0.174. The molecule has 0 radical (unpaired) electrons. The van der Waals surface area contributed by atoms with Gasteiger partial charge < -0.3 is 25.2 Å². The first-order valence-electron chi connectivity index (χ1n) is 10.3.